The first-order valence-corrected chi connectivity index (χ1v) is 5.60. The van der Waals surface area contributed by atoms with Crippen LogP contribution in [0.3, 0.4) is 0 Å². The Balaban J connectivity index is 2.40. The zero-order valence-corrected chi connectivity index (χ0v) is 9.89. The standard InChI is InChI=1S/C13H17N3O/c1-10(8-14)9-16-13(17)12(15)7-11-5-3-2-4-6-11/h2-6,10,12H,7,9,15H2,1H3,(H,16,17). The van der Waals surface area contributed by atoms with Gasteiger partial charge in [0, 0.05) is 6.54 Å². The average molecular weight is 231 g/mol. The summed E-state index contributed by atoms with van der Waals surface area (Å²) in [5.41, 5.74) is 6.81. The molecule has 1 rings (SSSR count). The van der Waals surface area contributed by atoms with E-state index in [9.17, 15) is 4.79 Å². The Hall–Kier alpha value is -1.86. The summed E-state index contributed by atoms with van der Waals surface area (Å²) < 4.78 is 0. The molecule has 0 saturated carbocycles. The van der Waals surface area contributed by atoms with E-state index in [1.165, 1.54) is 0 Å². The van der Waals surface area contributed by atoms with Gasteiger partial charge in [-0.25, -0.2) is 0 Å². The van der Waals surface area contributed by atoms with Crippen LogP contribution in [0.5, 0.6) is 0 Å². The first kappa shape index (κ1) is 13.2. The average Bonchev–Trinajstić information content (AvgIpc) is 2.36. The Kier molecular flexibility index (Phi) is 5.18. The Morgan fingerprint density at radius 1 is 1.47 bits per heavy atom. The molecule has 0 aromatic heterocycles. The van der Waals surface area contributed by atoms with Crippen LogP contribution in [0.1, 0.15) is 12.5 Å². The predicted molar refractivity (Wildman–Crippen MR) is 65.9 cm³/mol. The summed E-state index contributed by atoms with van der Waals surface area (Å²) in [6.45, 7) is 2.10. The molecule has 0 bridgehead atoms. The van der Waals surface area contributed by atoms with Gasteiger partial charge in [0.05, 0.1) is 18.0 Å². The van der Waals surface area contributed by atoms with Crippen molar-refractivity contribution in [2.45, 2.75) is 19.4 Å². The van der Waals surface area contributed by atoms with Crippen molar-refractivity contribution in [3.8, 4) is 6.07 Å². The first-order chi connectivity index (χ1) is 8.13. The third-order valence-electron chi connectivity index (χ3n) is 2.44. The van der Waals surface area contributed by atoms with Crippen LogP contribution >= 0.6 is 0 Å². The lowest BCUT2D eigenvalue weighted by atomic mass is 10.1. The summed E-state index contributed by atoms with van der Waals surface area (Å²) in [5.74, 6) is -0.404. The fourth-order valence-electron chi connectivity index (χ4n) is 1.39. The predicted octanol–water partition coefficient (Wildman–Crippen LogP) is 0.832. The number of nitrogens with zero attached hydrogens (tertiary/aromatic N) is 1. The minimum absolute atomic E-state index is 0.192. The van der Waals surface area contributed by atoms with Gasteiger partial charge in [-0.15, -0.1) is 0 Å². The van der Waals surface area contributed by atoms with Crippen molar-refractivity contribution in [1.82, 2.24) is 5.32 Å². The lowest BCUT2D eigenvalue weighted by Crippen LogP contribution is -2.43. The van der Waals surface area contributed by atoms with Gasteiger partial charge in [-0.05, 0) is 18.9 Å². The van der Waals surface area contributed by atoms with E-state index in [1.54, 1.807) is 6.92 Å². The van der Waals surface area contributed by atoms with Crippen molar-refractivity contribution in [2.24, 2.45) is 11.7 Å². The van der Waals surface area contributed by atoms with Gasteiger partial charge in [-0.1, -0.05) is 30.3 Å². The molecule has 0 aliphatic rings. The van der Waals surface area contributed by atoms with Crippen LogP contribution in [0.25, 0.3) is 0 Å². The lowest BCUT2D eigenvalue weighted by molar-refractivity contribution is -0.122. The number of benzene rings is 1. The highest BCUT2D eigenvalue weighted by atomic mass is 16.2. The van der Waals surface area contributed by atoms with Crippen molar-refractivity contribution >= 4 is 5.91 Å². The van der Waals surface area contributed by atoms with Crippen molar-refractivity contribution in [1.29, 1.82) is 5.26 Å². The summed E-state index contributed by atoms with van der Waals surface area (Å²) in [5, 5.41) is 11.3. The quantitative estimate of drug-likeness (QED) is 0.787. The van der Waals surface area contributed by atoms with Crippen molar-refractivity contribution in [3.05, 3.63) is 35.9 Å². The molecule has 0 spiro atoms. The van der Waals surface area contributed by atoms with E-state index in [4.69, 9.17) is 11.0 Å². The van der Waals surface area contributed by atoms with Gasteiger partial charge in [0.25, 0.3) is 0 Å². The number of hydrogen-bond acceptors (Lipinski definition) is 3. The summed E-state index contributed by atoms with van der Waals surface area (Å²) in [7, 11) is 0. The Labute approximate surface area is 101 Å². The van der Waals surface area contributed by atoms with Gasteiger partial charge in [0.1, 0.15) is 0 Å². The van der Waals surface area contributed by atoms with Crippen LogP contribution < -0.4 is 11.1 Å². The van der Waals surface area contributed by atoms with Crippen molar-refractivity contribution in [3.63, 3.8) is 0 Å². The molecule has 2 unspecified atom stereocenters. The normalized spacial score (nSPS) is 13.5. The monoisotopic (exact) mass is 231 g/mol. The molecule has 90 valence electrons. The van der Waals surface area contributed by atoms with Gasteiger partial charge < -0.3 is 11.1 Å². The van der Waals surface area contributed by atoms with E-state index < -0.39 is 6.04 Å². The molecule has 3 N–H and O–H groups in total. The van der Waals surface area contributed by atoms with Gasteiger partial charge in [-0.3, -0.25) is 4.79 Å². The van der Waals surface area contributed by atoms with Crippen molar-refractivity contribution in [2.75, 3.05) is 6.54 Å². The number of hydrogen-bond donors (Lipinski definition) is 2. The fourth-order valence-corrected chi connectivity index (χ4v) is 1.39. The van der Waals surface area contributed by atoms with Crippen LogP contribution in [0, 0.1) is 17.2 Å². The maximum Gasteiger partial charge on any atom is 0.237 e. The molecule has 4 nitrogen and oxygen atoms in total. The van der Waals surface area contributed by atoms with Crippen molar-refractivity contribution < 1.29 is 4.79 Å². The van der Waals surface area contributed by atoms with E-state index in [0.717, 1.165) is 5.56 Å². The largest absolute Gasteiger partial charge is 0.353 e. The number of amides is 1. The van der Waals surface area contributed by atoms with Gasteiger partial charge in [-0.2, -0.15) is 5.26 Å². The molecule has 17 heavy (non-hydrogen) atoms. The van der Waals surface area contributed by atoms with Crippen LogP contribution in [0.4, 0.5) is 0 Å². The Bertz CT molecular complexity index is 397. The zero-order chi connectivity index (χ0) is 12.7. The minimum atomic E-state index is -0.566. The fraction of sp³-hybridized carbons (Fsp3) is 0.385. The number of nitrogens with two attached hydrogens (primary N) is 1. The second-order valence-corrected chi connectivity index (χ2v) is 4.07. The van der Waals surface area contributed by atoms with E-state index >= 15 is 0 Å². The third-order valence-corrected chi connectivity index (χ3v) is 2.44. The molecule has 2 atom stereocenters. The number of carbonyl (C=O) groups is 1. The molecule has 1 aromatic rings. The number of carbonyl (C=O) groups excluding carboxylic acids is 1. The van der Waals surface area contributed by atoms with Crippen LogP contribution in [-0.2, 0) is 11.2 Å². The third kappa shape index (κ3) is 4.66. The summed E-state index contributed by atoms with van der Waals surface area (Å²) in [6, 6.07) is 11.1. The Morgan fingerprint density at radius 3 is 2.71 bits per heavy atom. The first-order valence-electron chi connectivity index (χ1n) is 5.60. The summed E-state index contributed by atoms with van der Waals surface area (Å²) >= 11 is 0. The second-order valence-electron chi connectivity index (χ2n) is 4.07. The number of nitrogens with one attached hydrogen (secondary N) is 1. The van der Waals surface area contributed by atoms with Crippen LogP contribution in [-0.4, -0.2) is 18.5 Å². The highest BCUT2D eigenvalue weighted by molar-refractivity contribution is 5.81. The molecule has 0 fully saturated rings. The number of nitriles is 1. The lowest BCUT2D eigenvalue weighted by Gasteiger charge is -2.12. The SMILES string of the molecule is CC(C#N)CNC(=O)C(N)Cc1ccccc1. The molecule has 1 amide bonds. The zero-order valence-electron chi connectivity index (χ0n) is 9.89. The molecule has 0 radical (unpaired) electrons. The van der Waals surface area contributed by atoms with E-state index in [0.29, 0.717) is 13.0 Å². The molecule has 0 aliphatic heterocycles. The van der Waals surface area contributed by atoms with E-state index in [1.807, 2.05) is 30.3 Å². The van der Waals surface area contributed by atoms with Crippen LogP contribution in [0.2, 0.25) is 0 Å². The molecular weight excluding hydrogens is 214 g/mol. The minimum Gasteiger partial charge on any atom is -0.353 e. The Morgan fingerprint density at radius 2 is 2.12 bits per heavy atom. The molecule has 0 saturated heterocycles. The molecule has 1 aromatic carbocycles. The number of rotatable bonds is 5. The van der Waals surface area contributed by atoms with E-state index in [-0.39, 0.29) is 11.8 Å². The maximum atomic E-state index is 11.6. The molecule has 0 aliphatic carbocycles. The van der Waals surface area contributed by atoms with Crippen LogP contribution in [0.15, 0.2) is 30.3 Å². The smallest absolute Gasteiger partial charge is 0.237 e. The maximum absolute atomic E-state index is 11.6. The summed E-state index contributed by atoms with van der Waals surface area (Å²) in [4.78, 5) is 11.6. The van der Waals surface area contributed by atoms with Gasteiger partial charge in [0.2, 0.25) is 5.91 Å². The highest BCUT2D eigenvalue weighted by Gasteiger charge is 2.14. The molecule has 4 heteroatoms. The molecular formula is C13H17N3O. The topological polar surface area (TPSA) is 78.9 Å². The molecule has 0 heterocycles. The van der Waals surface area contributed by atoms with Gasteiger partial charge in [0.15, 0.2) is 0 Å². The van der Waals surface area contributed by atoms with E-state index in [2.05, 4.69) is 11.4 Å². The van der Waals surface area contributed by atoms with Gasteiger partial charge >= 0.3 is 0 Å². The second kappa shape index (κ2) is 6.66. The highest BCUT2D eigenvalue weighted by Crippen LogP contribution is 2.02. The summed E-state index contributed by atoms with van der Waals surface area (Å²) in [6.07, 6.45) is 0.508.